The van der Waals surface area contributed by atoms with Crippen molar-refractivity contribution in [3.05, 3.63) is 193 Å². The third-order valence-electron chi connectivity index (χ3n) is 8.07. The second-order valence-corrected chi connectivity index (χ2v) is 11.4. The summed E-state index contributed by atoms with van der Waals surface area (Å²) in [6.07, 6.45) is 1.62. The maximum absolute atomic E-state index is 11.5. The fourth-order valence-electron chi connectivity index (χ4n) is 5.70. The van der Waals surface area contributed by atoms with E-state index in [1.165, 1.54) is 0 Å². The molecule has 242 valence electrons. The standard InChI is InChI=1S/C44H32N2O4/c47-31-33-21-25-39(26-22-33)49-43-30-42(46(37-17-9-3-10-18-37)38-19-11-4-12-20-38)44(50-40-27-23-34(32-48)24-28-40)29-41(43)45(35-13-5-1-6-14-35)36-15-7-2-8-16-36/h1-32H. The smallest absolute Gasteiger partial charge is 0.153 e. The largest absolute Gasteiger partial charge is 0.455 e. The summed E-state index contributed by atoms with van der Waals surface area (Å²) in [5, 5.41) is 0. The Labute approximate surface area is 291 Å². The van der Waals surface area contributed by atoms with E-state index < -0.39 is 0 Å². The fourth-order valence-corrected chi connectivity index (χ4v) is 5.70. The quantitative estimate of drug-likeness (QED) is 0.122. The highest BCUT2D eigenvalue weighted by molar-refractivity contribution is 5.88. The van der Waals surface area contributed by atoms with Gasteiger partial charge in [0, 0.05) is 46.0 Å². The summed E-state index contributed by atoms with van der Waals surface area (Å²) in [7, 11) is 0. The van der Waals surface area contributed by atoms with Crippen LogP contribution in [0.15, 0.2) is 182 Å². The molecule has 6 nitrogen and oxygen atoms in total. The van der Waals surface area contributed by atoms with Gasteiger partial charge in [0.05, 0.1) is 11.4 Å². The van der Waals surface area contributed by atoms with Crippen molar-refractivity contribution in [3.63, 3.8) is 0 Å². The molecule has 0 aliphatic heterocycles. The lowest BCUT2D eigenvalue weighted by atomic mass is 10.1. The zero-order valence-corrected chi connectivity index (χ0v) is 27.0. The van der Waals surface area contributed by atoms with Crippen LogP contribution in [0.1, 0.15) is 20.7 Å². The monoisotopic (exact) mass is 652 g/mol. The van der Waals surface area contributed by atoms with Crippen LogP contribution in [0.4, 0.5) is 34.1 Å². The molecule has 7 rings (SSSR count). The van der Waals surface area contributed by atoms with E-state index in [2.05, 4.69) is 9.80 Å². The Bertz CT molecular complexity index is 1940. The number of rotatable bonds is 12. The molecule has 0 unspecified atom stereocenters. The van der Waals surface area contributed by atoms with Crippen molar-refractivity contribution in [1.82, 2.24) is 0 Å². The van der Waals surface area contributed by atoms with Gasteiger partial charge in [-0.1, -0.05) is 72.8 Å². The molecule has 0 spiro atoms. The Kier molecular flexibility index (Phi) is 9.42. The molecule has 0 N–H and O–H groups in total. The minimum atomic E-state index is 0.548. The van der Waals surface area contributed by atoms with Crippen molar-refractivity contribution in [1.29, 1.82) is 0 Å². The number of carbonyl (C=O) groups is 2. The second-order valence-electron chi connectivity index (χ2n) is 11.4. The molecule has 0 radical (unpaired) electrons. The Morgan fingerprint density at radius 2 is 0.640 bits per heavy atom. The van der Waals surface area contributed by atoms with E-state index in [4.69, 9.17) is 9.47 Å². The minimum Gasteiger partial charge on any atom is -0.455 e. The van der Waals surface area contributed by atoms with Gasteiger partial charge in [0.25, 0.3) is 0 Å². The van der Waals surface area contributed by atoms with E-state index in [1.54, 1.807) is 48.5 Å². The average Bonchev–Trinajstić information content (AvgIpc) is 3.19. The molecule has 0 saturated heterocycles. The SMILES string of the molecule is O=Cc1ccc(Oc2cc(N(c3ccccc3)c3ccccc3)c(Oc3ccc(C=O)cc3)cc2N(c2ccccc2)c2ccccc2)cc1. The van der Waals surface area contributed by atoms with Crippen molar-refractivity contribution < 1.29 is 19.1 Å². The molecule has 0 aliphatic carbocycles. The molecule has 0 atom stereocenters. The third-order valence-corrected chi connectivity index (χ3v) is 8.07. The molecule has 0 aliphatic rings. The number of hydrogen-bond donors (Lipinski definition) is 0. The molecule has 0 amide bonds. The lowest BCUT2D eigenvalue weighted by molar-refractivity contribution is 0.111. The van der Waals surface area contributed by atoms with Crippen molar-refractivity contribution in [2.24, 2.45) is 0 Å². The first-order chi connectivity index (χ1) is 24.7. The highest BCUT2D eigenvalue weighted by Crippen LogP contribution is 2.51. The van der Waals surface area contributed by atoms with E-state index in [-0.39, 0.29) is 0 Å². The van der Waals surface area contributed by atoms with Crippen molar-refractivity contribution >= 4 is 46.7 Å². The van der Waals surface area contributed by atoms with E-state index >= 15 is 0 Å². The van der Waals surface area contributed by atoms with E-state index in [0.29, 0.717) is 45.5 Å². The number of carbonyl (C=O) groups excluding carboxylic acids is 2. The molecule has 0 saturated carbocycles. The Morgan fingerprint density at radius 1 is 0.360 bits per heavy atom. The number of ether oxygens (including phenoxy) is 2. The van der Waals surface area contributed by atoms with Crippen LogP contribution in [0.5, 0.6) is 23.0 Å². The van der Waals surface area contributed by atoms with Crippen LogP contribution in [0.2, 0.25) is 0 Å². The molecule has 0 fully saturated rings. The van der Waals surface area contributed by atoms with Crippen LogP contribution < -0.4 is 19.3 Å². The summed E-state index contributed by atoms with van der Waals surface area (Å²) in [6.45, 7) is 0. The molecule has 0 aromatic heterocycles. The maximum Gasteiger partial charge on any atom is 0.153 e. The highest BCUT2D eigenvalue weighted by atomic mass is 16.5. The number of para-hydroxylation sites is 4. The lowest BCUT2D eigenvalue weighted by Gasteiger charge is -2.31. The Morgan fingerprint density at radius 3 is 0.900 bits per heavy atom. The molecule has 50 heavy (non-hydrogen) atoms. The highest BCUT2D eigenvalue weighted by Gasteiger charge is 2.25. The van der Waals surface area contributed by atoms with Gasteiger partial charge in [0.1, 0.15) is 24.1 Å². The minimum absolute atomic E-state index is 0.548. The zero-order valence-electron chi connectivity index (χ0n) is 27.0. The van der Waals surface area contributed by atoms with Crippen LogP contribution in [-0.2, 0) is 0 Å². The normalized spacial score (nSPS) is 10.6. The topological polar surface area (TPSA) is 59.1 Å². The molecule has 0 bridgehead atoms. The summed E-state index contributed by atoms with van der Waals surface area (Å²) in [6, 6.07) is 58.3. The Balaban J connectivity index is 1.51. The van der Waals surface area contributed by atoms with E-state index in [0.717, 1.165) is 35.3 Å². The molecule has 7 aromatic rings. The predicted molar refractivity (Wildman–Crippen MR) is 200 cm³/mol. The fraction of sp³-hybridized carbons (Fsp3) is 0. The van der Waals surface area contributed by atoms with Crippen LogP contribution in [-0.4, -0.2) is 12.6 Å². The number of aldehydes is 2. The van der Waals surface area contributed by atoms with Gasteiger partial charge in [-0.3, -0.25) is 9.59 Å². The summed E-state index contributed by atoms with van der Waals surface area (Å²) >= 11 is 0. The average molecular weight is 653 g/mol. The Hall–Kier alpha value is -6.92. The molecule has 7 aromatic carbocycles. The van der Waals surface area contributed by atoms with Crippen LogP contribution in [0, 0.1) is 0 Å². The first-order valence-corrected chi connectivity index (χ1v) is 16.1. The number of nitrogens with zero attached hydrogens (tertiary/aromatic N) is 2. The first-order valence-electron chi connectivity index (χ1n) is 16.1. The maximum atomic E-state index is 11.5. The molecular weight excluding hydrogens is 620 g/mol. The van der Waals surface area contributed by atoms with Crippen LogP contribution >= 0.6 is 0 Å². The van der Waals surface area contributed by atoms with Gasteiger partial charge in [0.2, 0.25) is 0 Å². The molecule has 6 heteroatoms. The van der Waals surface area contributed by atoms with Gasteiger partial charge in [-0.15, -0.1) is 0 Å². The number of anilines is 6. The van der Waals surface area contributed by atoms with E-state index in [1.807, 2.05) is 133 Å². The van der Waals surface area contributed by atoms with Gasteiger partial charge in [-0.25, -0.2) is 0 Å². The third kappa shape index (κ3) is 7.00. The summed E-state index contributed by atoms with van der Waals surface area (Å²) in [5.74, 6) is 2.22. The summed E-state index contributed by atoms with van der Waals surface area (Å²) in [4.78, 5) is 27.2. The molecule has 0 heterocycles. The van der Waals surface area contributed by atoms with E-state index in [9.17, 15) is 9.59 Å². The summed E-state index contributed by atoms with van der Waals surface area (Å²) < 4.78 is 13.5. The summed E-state index contributed by atoms with van der Waals surface area (Å²) in [5.41, 5.74) is 6.19. The van der Waals surface area contributed by atoms with Gasteiger partial charge in [-0.2, -0.15) is 0 Å². The lowest BCUT2D eigenvalue weighted by Crippen LogP contribution is -2.14. The zero-order chi connectivity index (χ0) is 34.1. The van der Waals surface area contributed by atoms with Gasteiger partial charge < -0.3 is 19.3 Å². The molecular formula is C44H32N2O4. The second kappa shape index (κ2) is 14.9. The van der Waals surface area contributed by atoms with Crippen molar-refractivity contribution in [2.45, 2.75) is 0 Å². The van der Waals surface area contributed by atoms with Crippen LogP contribution in [0.3, 0.4) is 0 Å². The van der Waals surface area contributed by atoms with Gasteiger partial charge in [-0.05, 0) is 97.1 Å². The number of hydrogen-bond acceptors (Lipinski definition) is 6. The van der Waals surface area contributed by atoms with Gasteiger partial charge >= 0.3 is 0 Å². The van der Waals surface area contributed by atoms with Crippen molar-refractivity contribution in [2.75, 3.05) is 9.80 Å². The first kappa shape index (κ1) is 31.7. The van der Waals surface area contributed by atoms with Crippen molar-refractivity contribution in [3.8, 4) is 23.0 Å². The predicted octanol–water partition coefficient (Wildman–Crippen LogP) is 11.8. The number of benzene rings is 7. The van der Waals surface area contributed by atoms with Gasteiger partial charge in [0.15, 0.2) is 11.5 Å². The van der Waals surface area contributed by atoms with Crippen LogP contribution in [0.25, 0.3) is 0 Å².